The van der Waals surface area contributed by atoms with Gasteiger partial charge >= 0.3 is 5.69 Å². The van der Waals surface area contributed by atoms with Crippen LogP contribution < -0.4 is 4.74 Å². The van der Waals surface area contributed by atoms with Crippen molar-refractivity contribution in [2.24, 2.45) is 0 Å². The van der Waals surface area contributed by atoms with E-state index in [1.54, 1.807) is 30.3 Å². The van der Waals surface area contributed by atoms with E-state index in [2.05, 4.69) is 15.9 Å². The highest BCUT2D eigenvalue weighted by Crippen LogP contribution is 2.34. The number of benzene rings is 2. The third-order valence-corrected chi connectivity index (χ3v) is 3.49. The number of hydrogen-bond acceptors (Lipinski definition) is 4. The monoisotopic (exact) mass is 351 g/mol. The van der Waals surface area contributed by atoms with Gasteiger partial charge in [-0.15, -0.1) is 0 Å². The topological polar surface area (TPSA) is 72.6 Å². The number of aliphatic hydroxyl groups is 1. The summed E-state index contributed by atoms with van der Waals surface area (Å²) < 4.78 is 6.16. The number of ether oxygens (including phenoxy) is 1. The van der Waals surface area contributed by atoms with Gasteiger partial charge < -0.3 is 9.84 Å². The molecule has 0 bridgehead atoms. The predicted octanol–water partition coefficient (Wildman–Crippen LogP) is 4.59. The minimum Gasteiger partial charge on any atom is -0.450 e. The summed E-state index contributed by atoms with van der Waals surface area (Å²) in [6.45, 7) is 1.89. The maximum absolute atomic E-state index is 11.0. The fourth-order valence-corrected chi connectivity index (χ4v) is 2.19. The quantitative estimate of drug-likeness (QED) is 0.631. The molecule has 0 aliphatic carbocycles. The molecule has 2 aromatic carbocycles. The van der Waals surface area contributed by atoms with E-state index < -0.39 is 11.0 Å². The molecule has 21 heavy (non-hydrogen) atoms. The van der Waals surface area contributed by atoms with Gasteiger partial charge in [0.25, 0.3) is 0 Å². The average Bonchev–Trinajstić information content (AvgIpc) is 2.49. The Kier molecular flexibility index (Phi) is 4.93. The summed E-state index contributed by atoms with van der Waals surface area (Å²) in [5.41, 5.74) is 0.678. The summed E-state index contributed by atoms with van der Waals surface area (Å²) in [4.78, 5) is 10.5. The van der Waals surface area contributed by atoms with Crippen molar-refractivity contribution in [1.29, 1.82) is 0 Å². The van der Waals surface area contributed by atoms with E-state index in [4.69, 9.17) is 4.74 Å². The molecule has 0 saturated heterocycles. The van der Waals surface area contributed by atoms with E-state index >= 15 is 0 Å². The Bertz CT molecular complexity index is 643. The molecule has 0 unspecified atom stereocenters. The smallest absolute Gasteiger partial charge is 0.312 e. The van der Waals surface area contributed by atoms with Crippen LogP contribution in [0.4, 0.5) is 5.69 Å². The van der Waals surface area contributed by atoms with Crippen LogP contribution in [-0.4, -0.2) is 10.0 Å². The molecule has 110 valence electrons. The fraction of sp³-hybridized carbons (Fsp3) is 0.200. The number of aliphatic hydroxyl groups excluding tert-OH is 1. The molecule has 2 rings (SSSR count). The minimum absolute atomic E-state index is 0.109. The Labute approximate surface area is 130 Å². The van der Waals surface area contributed by atoms with Crippen LogP contribution in [0.15, 0.2) is 46.9 Å². The second kappa shape index (κ2) is 6.69. The first-order valence-corrected chi connectivity index (χ1v) is 7.20. The Morgan fingerprint density at radius 3 is 2.52 bits per heavy atom. The molecule has 1 N–H and O–H groups in total. The highest BCUT2D eigenvalue weighted by molar-refractivity contribution is 9.10. The summed E-state index contributed by atoms with van der Waals surface area (Å²) >= 11 is 3.20. The van der Waals surface area contributed by atoms with Crippen molar-refractivity contribution < 1.29 is 14.8 Å². The largest absolute Gasteiger partial charge is 0.450 e. The van der Waals surface area contributed by atoms with Gasteiger partial charge in [-0.3, -0.25) is 10.1 Å². The third-order valence-electron chi connectivity index (χ3n) is 3.00. The Hall–Kier alpha value is -1.92. The molecule has 6 heteroatoms. The number of hydrogen-bond donors (Lipinski definition) is 1. The first-order valence-electron chi connectivity index (χ1n) is 6.41. The zero-order chi connectivity index (χ0) is 15.4. The van der Waals surface area contributed by atoms with E-state index in [9.17, 15) is 15.2 Å². The van der Waals surface area contributed by atoms with Crippen LogP contribution in [0.3, 0.4) is 0 Å². The van der Waals surface area contributed by atoms with Crippen molar-refractivity contribution in [2.75, 3.05) is 0 Å². The lowest BCUT2D eigenvalue weighted by Crippen LogP contribution is -1.96. The molecule has 0 amide bonds. The SMILES string of the molecule is CC[C@@H](O)c1ccc(Oc2ccc(Br)cc2[N+](=O)[O-])cc1. The second-order valence-electron chi connectivity index (χ2n) is 4.46. The number of nitro groups is 1. The minimum atomic E-state index is -0.513. The van der Waals surface area contributed by atoms with Crippen molar-refractivity contribution in [3.05, 3.63) is 62.6 Å². The number of rotatable bonds is 5. The normalized spacial score (nSPS) is 12.0. The van der Waals surface area contributed by atoms with Crippen LogP contribution >= 0.6 is 15.9 Å². The van der Waals surface area contributed by atoms with Gasteiger partial charge in [0, 0.05) is 10.5 Å². The summed E-state index contributed by atoms with van der Waals surface area (Å²) in [7, 11) is 0. The van der Waals surface area contributed by atoms with E-state index in [1.165, 1.54) is 12.1 Å². The first kappa shape index (κ1) is 15.5. The lowest BCUT2D eigenvalue weighted by atomic mass is 10.1. The van der Waals surface area contributed by atoms with Crippen molar-refractivity contribution >= 4 is 21.6 Å². The van der Waals surface area contributed by atoms with E-state index in [0.29, 0.717) is 16.6 Å². The van der Waals surface area contributed by atoms with Crippen molar-refractivity contribution in [2.45, 2.75) is 19.4 Å². The lowest BCUT2D eigenvalue weighted by molar-refractivity contribution is -0.385. The van der Waals surface area contributed by atoms with Crippen LogP contribution in [0, 0.1) is 10.1 Å². The van der Waals surface area contributed by atoms with Gasteiger partial charge in [-0.25, -0.2) is 0 Å². The van der Waals surface area contributed by atoms with Crippen molar-refractivity contribution in [3.8, 4) is 11.5 Å². The predicted molar refractivity (Wildman–Crippen MR) is 82.6 cm³/mol. The summed E-state index contributed by atoms with van der Waals surface area (Å²) in [6.07, 6.45) is 0.110. The Balaban J connectivity index is 2.24. The molecule has 0 radical (unpaired) electrons. The van der Waals surface area contributed by atoms with Gasteiger partial charge in [-0.1, -0.05) is 35.0 Å². The van der Waals surface area contributed by atoms with Gasteiger partial charge in [-0.2, -0.15) is 0 Å². The maximum Gasteiger partial charge on any atom is 0.312 e. The molecule has 0 heterocycles. The van der Waals surface area contributed by atoms with Crippen LogP contribution in [0.1, 0.15) is 25.0 Å². The molecule has 0 saturated carbocycles. The van der Waals surface area contributed by atoms with Crippen LogP contribution in [0.5, 0.6) is 11.5 Å². The maximum atomic E-state index is 11.0. The molecule has 0 spiro atoms. The van der Waals surface area contributed by atoms with Gasteiger partial charge in [0.15, 0.2) is 0 Å². The fourth-order valence-electron chi connectivity index (χ4n) is 1.84. The van der Waals surface area contributed by atoms with E-state index in [-0.39, 0.29) is 11.4 Å². The lowest BCUT2D eigenvalue weighted by Gasteiger charge is -2.10. The molecular formula is C15H14BrNO4. The number of nitrogens with zero attached hydrogens (tertiary/aromatic N) is 1. The summed E-state index contributed by atoms with van der Waals surface area (Å²) in [5, 5.41) is 20.7. The number of halogens is 1. The van der Waals surface area contributed by atoms with E-state index in [1.807, 2.05) is 6.92 Å². The molecule has 0 fully saturated rings. The van der Waals surface area contributed by atoms with Gasteiger partial charge in [0.1, 0.15) is 5.75 Å². The summed E-state index contributed by atoms with van der Waals surface area (Å²) in [5.74, 6) is 0.652. The third kappa shape index (κ3) is 3.80. The van der Waals surface area contributed by atoms with Crippen LogP contribution in [0.2, 0.25) is 0 Å². The van der Waals surface area contributed by atoms with Gasteiger partial charge in [0.05, 0.1) is 11.0 Å². The van der Waals surface area contributed by atoms with E-state index in [0.717, 1.165) is 5.56 Å². The molecule has 0 aliphatic rings. The molecule has 5 nitrogen and oxygen atoms in total. The molecule has 0 aromatic heterocycles. The van der Waals surface area contributed by atoms with Crippen LogP contribution in [-0.2, 0) is 0 Å². The highest BCUT2D eigenvalue weighted by Gasteiger charge is 2.16. The Morgan fingerprint density at radius 1 is 1.29 bits per heavy atom. The first-order chi connectivity index (χ1) is 10.0. The standard InChI is InChI=1S/C15H14BrNO4/c1-2-14(18)10-3-6-12(7-4-10)21-15-8-5-11(16)9-13(15)17(19)20/h3-9,14,18H,2H2,1H3/t14-/m1/s1. The molecule has 2 aromatic rings. The number of nitro benzene ring substituents is 1. The van der Waals surface area contributed by atoms with Crippen molar-refractivity contribution in [1.82, 2.24) is 0 Å². The Morgan fingerprint density at radius 2 is 1.95 bits per heavy atom. The summed E-state index contributed by atoms with van der Waals surface area (Å²) in [6, 6.07) is 11.5. The van der Waals surface area contributed by atoms with Crippen molar-refractivity contribution in [3.63, 3.8) is 0 Å². The second-order valence-corrected chi connectivity index (χ2v) is 5.38. The van der Waals surface area contributed by atoms with Gasteiger partial charge in [-0.05, 0) is 36.2 Å². The van der Waals surface area contributed by atoms with Gasteiger partial charge in [0.2, 0.25) is 5.75 Å². The molecule has 1 atom stereocenters. The zero-order valence-electron chi connectivity index (χ0n) is 11.3. The highest BCUT2D eigenvalue weighted by atomic mass is 79.9. The molecule has 0 aliphatic heterocycles. The zero-order valence-corrected chi connectivity index (χ0v) is 12.9. The molecular weight excluding hydrogens is 338 g/mol. The average molecular weight is 352 g/mol. The van der Waals surface area contributed by atoms with Crippen LogP contribution in [0.25, 0.3) is 0 Å².